The van der Waals surface area contributed by atoms with Gasteiger partial charge in [0.05, 0.1) is 5.56 Å². The van der Waals surface area contributed by atoms with Gasteiger partial charge in [-0.05, 0) is 42.5 Å². The number of benzene rings is 2. The van der Waals surface area contributed by atoms with E-state index in [0.717, 1.165) is 30.3 Å². The van der Waals surface area contributed by atoms with Gasteiger partial charge in [0, 0.05) is 5.69 Å². The van der Waals surface area contributed by atoms with E-state index in [1.807, 2.05) is 0 Å². The normalized spacial score (nSPS) is 10.9. The molecule has 2 aromatic rings. The lowest BCUT2D eigenvalue weighted by molar-refractivity contribution is -0.149. The molecule has 0 bridgehead atoms. The maximum atomic E-state index is 12.7. The van der Waals surface area contributed by atoms with Crippen LogP contribution in [0.3, 0.4) is 0 Å². The first kappa shape index (κ1) is 19.2. The maximum Gasteiger partial charge on any atom is 0.416 e. The second kappa shape index (κ2) is 8.32. The van der Waals surface area contributed by atoms with Gasteiger partial charge >= 0.3 is 12.1 Å². The molecule has 0 saturated heterocycles. The summed E-state index contributed by atoms with van der Waals surface area (Å²) in [6.07, 6.45) is -4.54. The van der Waals surface area contributed by atoms with Gasteiger partial charge in [0.25, 0.3) is 5.91 Å². The molecule has 5 nitrogen and oxygen atoms in total. The molecular weight excluding hydrogens is 358 g/mol. The molecule has 138 valence electrons. The molecule has 0 aliphatic heterocycles. The molecule has 0 unspecified atom stereocenters. The Balaban J connectivity index is 1.77. The van der Waals surface area contributed by atoms with E-state index in [-0.39, 0.29) is 11.4 Å². The Labute approximate surface area is 145 Å². The maximum absolute atomic E-state index is 12.7. The van der Waals surface area contributed by atoms with Crippen LogP contribution in [0, 0.1) is 5.82 Å². The average Bonchev–Trinajstić information content (AvgIpc) is 2.59. The number of alkyl halides is 3. The minimum absolute atomic E-state index is 0.0802. The van der Waals surface area contributed by atoms with Gasteiger partial charge in [-0.25, -0.2) is 9.18 Å². The van der Waals surface area contributed by atoms with Gasteiger partial charge in [-0.1, -0.05) is 6.07 Å². The summed E-state index contributed by atoms with van der Waals surface area (Å²) < 4.78 is 60.2. The van der Waals surface area contributed by atoms with Crippen molar-refractivity contribution in [2.75, 3.05) is 18.5 Å². The van der Waals surface area contributed by atoms with Gasteiger partial charge in [-0.3, -0.25) is 4.79 Å². The van der Waals surface area contributed by atoms with Crippen LogP contribution in [0.15, 0.2) is 48.5 Å². The molecule has 0 aliphatic rings. The highest BCUT2D eigenvalue weighted by molar-refractivity contribution is 5.92. The summed E-state index contributed by atoms with van der Waals surface area (Å²) in [6, 6.07) is 8.94. The number of carbonyl (C=O) groups excluding carboxylic acids is 2. The molecule has 0 fully saturated rings. The van der Waals surface area contributed by atoms with E-state index < -0.39 is 42.6 Å². The summed E-state index contributed by atoms with van der Waals surface area (Å²) in [5.74, 6) is -1.91. The minimum atomic E-state index is -4.54. The van der Waals surface area contributed by atoms with Crippen LogP contribution < -0.4 is 10.1 Å². The molecule has 0 atom stereocenters. The molecule has 2 rings (SSSR count). The topological polar surface area (TPSA) is 64.6 Å². The van der Waals surface area contributed by atoms with Gasteiger partial charge in [0.2, 0.25) is 0 Å². The zero-order valence-electron chi connectivity index (χ0n) is 13.2. The summed E-state index contributed by atoms with van der Waals surface area (Å²) >= 11 is 0. The van der Waals surface area contributed by atoms with Gasteiger partial charge in [0.15, 0.2) is 13.2 Å². The fourth-order valence-corrected chi connectivity index (χ4v) is 1.83. The van der Waals surface area contributed by atoms with E-state index in [4.69, 9.17) is 4.74 Å². The molecule has 0 saturated carbocycles. The van der Waals surface area contributed by atoms with E-state index in [0.29, 0.717) is 0 Å². The van der Waals surface area contributed by atoms with Gasteiger partial charge in [0.1, 0.15) is 11.6 Å². The lowest BCUT2D eigenvalue weighted by Crippen LogP contribution is -2.23. The number of halogens is 4. The Morgan fingerprint density at radius 1 is 1.00 bits per heavy atom. The number of ether oxygens (including phenoxy) is 2. The van der Waals surface area contributed by atoms with E-state index in [1.165, 1.54) is 18.2 Å². The molecule has 0 aromatic heterocycles. The number of anilines is 1. The highest BCUT2D eigenvalue weighted by Gasteiger charge is 2.30. The van der Waals surface area contributed by atoms with Crippen molar-refractivity contribution >= 4 is 17.6 Å². The lowest BCUT2D eigenvalue weighted by atomic mass is 10.2. The molecule has 9 heteroatoms. The highest BCUT2D eigenvalue weighted by atomic mass is 19.4. The van der Waals surface area contributed by atoms with Crippen LogP contribution >= 0.6 is 0 Å². The number of rotatable bonds is 6. The van der Waals surface area contributed by atoms with E-state index in [9.17, 15) is 27.2 Å². The first-order chi connectivity index (χ1) is 12.2. The highest BCUT2D eigenvalue weighted by Crippen LogP contribution is 2.30. The molecule has 2 aromatic carbocycles. The third kappa shape index (κ3) is 6.08. The summed E-state index contributed by atoms with van der Waals surface area (Å²) in [4.78, 5) is 23.1. The molecule has 1 amide bonds. The van der Waals surface area contributed by atoms with Crippen LogP contribution in [-0.2, 0) is 20.5 Å². The summed E-state index contributed by atoms with van der Waals surface area (Å²) in [5.41, 5.74) is -0.997. The smallest absolute Gasteiger partial charge is 0.416 e. The first-order valence-corrected chi connectivity index (χ1v) is 7.25. The third-order valence-corrected chi connectivity index (χ3v) is 3.01. The van der Waals surface area contributed by atoms with Crippen LogP contribution in [0.2, 0.25) is 0 Å². The zero-order valence-corrected chi connectivity index (χ0v) is 13.2. The summed E-state index contributed by atoms with van der Waals surface area (Å²) in [5, 5.41) is 2.19. The molecule has 0 heterocycles. The Hall–Kier alpha value is -3.10. The number of hydrogen-bond acceptors (Lipinski definition) is 4. The molecule has 0 aliphatic carbocycles. The number of nitrogens with one attached hydrogen (secondary N) is 1. The van der Waals surface area contributed by atoms with Crippen LogP contribution in [-0.4, -0.2) is 25.1 Å². The van der Waals surface area contributed by atoms with Crippen molar-refractivity contribution in [1.82, 2.24) is 0 Å². The predicted molar refractivity (Wildman–Crippen MR) is 82.9 cm³/mol. The second-order valence-electron chi connectivity index (χ2n) is 5.03. The molecule has 0 spiro atoms. The van der Waals surface area contributed by atoms with Crippen molar-refractivity contribution in [1.29, 1.82) is 0 Å². The summed E-state index contributed by atoms with van der Waals surface area (Å²) in [7, 11) is 0. The third-order valence-electron chi connectivity index (χ3n) is 3.01. The van der Waals surface area contributed by atoms with Gasteiger partial charge in [-0.15, -0.1) is 0 Å². The molecule has 0 radical (unpaired) electrons. The second-order valence-corrected chi connectivity index (χ2v) is 5.03. The quantitative estimate of drug-likeness (QED) is 0.624. The van der Waals surface area contributed by atoms with Gasteiger partial charge < -0.3 is 14.8 Å². The van der Waals surface area contributed by atoms with E-state index in [1.54, 1.807) is 0 Å². The van der Waals surface area contributed by atoms with E-state index >= 15 is 0 Å². The Morgan fingerprint density at radius 3 is 2.35 bits per heavy atom. The Kier molecular flexibility index (Phi) is 6.16. The number of amides is 1. The van der Waals surface area contributed by atoms with Crippen molar-refractivity contribution in [3.05, 3.63) is 59.9 Å². The van der Waals surface area contributed by atoms with Crippen molar-refractivity contribution < 1.29 is 36.6 Å². The van der Waals surface area contributed by atoms with Crippen LogP contribution in [0.25, 0.3) is 0 Å². The average molecular weight is 371 g/mol. The molecular formula is C17H13F4NO4. The molecule has 26 heavy (non-hydrogen) atoms. The van der Waals surface area contributed by atoms with Crippen LogP contribution in [0.5, 0.6) is 5.75 Å². The SMILES string of the molecule is O=C(COC(=O)COc1ccc(F)cc1)Nc1cccc(C(F)(F)F)c1. The van der Waals surface area contributed by atoms with Crippen molar-refractivity contribution in [2.24, 2.45) is 0 Å². The van der Waals surface area contributed by atoms with Crippen molar-refractivity contribution in [3.63, 3.8) is 0 Å². The zero-order chi connectivity index (χ0) is 19.2. The van der Waals surface area contributed by atoms with Crippen molar-refractivity contribution in [2.45, 2.75) is 6.18 Å². The lowest BCUT2D eigenvalue weighted by Gasteiger charge is -2.10. The largest absolute Gasteiger partial charge is 0.482 e. The predicted octanol–water partition coefficient (Wildman–Crippen LogP) is 3.41. The number of carbonyl (C=O) groups is 2. The standard InChI is InChI=1S/C17H13F4NO4/c18-12-4-6-14(7-5-12)25-10-16(24)26-9-15(23)22-13-3-1-2-11(8-13)17(19,20)21/h1-8H,9-10H2,(H,22,23). The van der Waals surface area contributed by atoms with Crippen molar-refractivity contribution in [3.8, 4) is 5.75 Å². The van der Waals surface area contributed by atoms with Crippen LogP contribution in [0.4, 0.5) is 23.2 Å². The Bertz CT molecular complexity index is 775. The number of esters is 1. The van der Waals surface area contributed by atoms with Gasteiger partial charge in [-0.2, -0.15) is 13.2 Å². The van der Waals surface area contributed by atoms with E-state index in [2.05, 4.69) is 10.1 Å². The monoisotopic (exact) mass is 371 g/mol. The first-order valence-electron chi connectivity index (χ1n) is 7.25. The number of hydrogen-bond donors (Lipinski definition) is 1. The fraction of sp³-hybridized carbons (Fsp3) is 0.176. The minimum Gasteiger partial charge on any atom is -0.482 e. The summed E-state index contributed by atoms with van der Waals surface area (Å²) in [6.45, 7) is -1.20. The fourth-order valence-electron chi connectivity index (χ4n) is 1.83. The molecule has 1 N–H and O–H groups in total. The van der Waals surface area contributed by atoms with Crippen LogP contribution in [0.1, 0.15) is 5.56 Å². The Morgan fingerprint density at radius 2 is 1.69 bits per heavy atom.